The van der Waals surface area contributed by atoms with Crippen molar-refractivity contribution in [1.82, 2.24) is 10.2 Å². The van der Waals surface area contributed by atoms with Crippen LogP contribution in [0.15, 0.2) is 0 Å². The van der Waals surface area contributed by atoms with Crippen molar-refractivity contribution in [2.75, 3.05) is 20.1 Å². The van der Waals surface area contributed by atoms with Crippen LogP contribution in [0, 0.1) is 5.92 Å². The predicted molar refractivity (Wildman–Crippen MR) is 58.4 cm³/mol. The highest BCUT2D eigenvalue weighted by Crippen LogP contribution is 2.02. The van der Waals surface area contributed by atoms with E-state index in [1.54, 1.807) is 0 Å². The normalized spacial score (nSPS) is 12.3. The standard InChI is InChI=1S/C9H20N2S/c1-5-8(3)7-11(4)9(12)10-6-2/h8H,5-7H2,1-4H3,(H,10,12). The van der Waals surface area contributed by atoms with Gasteiger partial charge >= 0.3 is 0 Å². The first-order valence-corrected chi connectivity index (χ1v) is 5.01. The summed E-state index contributed by atoms with van der Waals surface area (Å²) in [7, 11) is 2.04. The van der Waals surface area contributed by atoms with E-state index in [4.69, 9.17) is 12.2 Å². The molecule has 1 N–H and O–H groups in total. The van der Waals surface area contributed by atoms with Gasteiger partial charge in [-0.1, -0.05) is 20.3 Å². The third-order valence-electron chi connectivity index (χ3n) is 1.96. The quantitative estimate of drug-likeness (QED) is 0.678. The van der Waals surface area contributed by atoms with E-state index in [0.717, 1.165) is 18.2 Å². The van der Waals surface area contributed by atoms with Gasteiger partial charge in [-0.3, -0.25) is 0 Å². The molecule has 0 saturated carbocycles. The summed E-state index contributed by atoms with van der Waals surface area (Å²) in [5, 5.41) is 3.99. The van der Waals surface area contributed by atoms with Gasteiger partial charge in [-0.05, 0) is 25.1 Å². The number of nitrogens with zero attached hydrogens (tertiary/aromatic N) is 1. The molecule has 0 rings (SSSR count). The summed E-state index contributed by atoms with van der Waals surface area (Å²) < 4.78 is 0. The first-order valence-electron chi connectivity index (χ1n) is 4.60. The smallest absolute Gasteiger partial charge is 0.168 e. The van der Waals surface area contributed by atoms with Gasteiger partial charge in [-0.2, -0.15) is 0 Å². The Morgan fingerprint density at radius 1 is 1.50 bits per heavy atom. The van der Waals surface area contributed by atoms with Gasteiger partial charge in [0.2, 0.25) is 0 Å². The predicted octanol–water partition coefficient (Wildman–Crippen LogP) is 1.86. The molecule has 3 heteroatoms. The fourth-order valence-electron chi connectivity index (χ4n) is 0.966. The highest BCUT2D eigenvalue weighted by Gasteiger charge is 2.06. The number of rotatable bonds is 4. The monoisotopic (exact) mass is 188 g/mol. The van der Waals surface area contributed by atoms with E-state index < -0.39 is 0 Å². The summed E-state index contributed by atoms with van der Waals surface area (Å²) in [6.45, 7) is 8.45. The first-order chi connectivity index (χ1) is 5.61. The average molecular weight is 188 g/mol. The maximum Gasteiger partial charge on any atom is 0.168 e. The zero-order chi connectivity index (χ0) is 9.56. The van der Waals surface area contributed by atoms with Crippen LogP contribution in [0.5, 0.6) is 0 Å². The summed E-state index contributed by atoms with van der Waals surface area (Å²) in [6.07, 6.45) is 1.21. The molecule has 0 amide bonds. The van der Waals surface area contributed by atoms with Gasteiger partial charge in [-0.25, -0.2) is 0 Å². The van der Waals surface area contributed by atoms with Crippen LogP contribution in [-0.2, 0) is 0 Å². The van der Waals surface area contributed by atoms with E-state index in [-0.39, 0.29) is 0 Å². The Morgan fingerprint density at radius 3 is 2.50 bits per heavy atom. The molecule has 0 fully saturated rings. The minimum atomic E-state index is 0.714. The largest absolute Gasteiger partial charge is 0.363 e. The minimum absolute atomic E-state index is 0.714. The van der Waals surface area contributed by atoms with Crippen LogP contribution < -0.4 is 5.32 Å². The molecule has 0 aromatic carbocycles. The average Bonchev–Trinajstić information content (AvgIpc) is 2.04. The Balaban J connectivity index is 3.70. The first kappa shape index (κ1) is 11.7. The van der Waals surface area contributed by atoms with Crippen molar-refractivity contribution in [3.8, 4) is 0 Å². The lowest BCUT2D eigenvalue weighted by Crippen LogP contribution is -2.39. The zero-order valence-electron chi connectivity index (χ0n) is 8.55. The number of hydrogen-bond donors (Lipinski definition) is 1. The van der Waals surface area contributed by atoms with Crippen molar-refractivity contribution in [1.29, 1.82) is 0 Å². The van der Waals surface area contributed by atoms with Crippen LogP contribution in [0.4, 0.5) is 0 Å². The number of thiocarbonyl (C=S) groups is 1. The molecule has 2 nitrogen and oxygen atoms in total. The summed E-state index contributed by atoms with van der Waals surface area (Å²) in [5.41, 5.74) is 0. The van der Waals surface area contributed by atoms with Gasteiger partial charge in [0, 0.05) is 20.1 Å². The van der Waals surface area contributed by atoms with E-state index in [2.05, 4.69) is 31.0 Å². The van der Waals surface area contributed by atoms with E-state index >= 15 is 0 Å². The molecule has 12 heavy (non-hydrogen) atoms. The van der Waals surface area contributed by atoms with Crippen molar-refractivity contribution in [3.63, 3.8) is 0 Å². The lowest BCUT2D eigenvalue weighted by Gasteiger charge is -2.23. The molecule has 72 valence electrons. The van der Waals surface area contributed by atoms with Gasteiger partial charge in [-0.15, -0.1) is 0 Å². The van der Waals surface area contributed by atoms with Crippen LogP contribution >= 0.6 is 12.2 Å². The molecule has 0 aromatic rings. The molecule has 0 radical (unpaired) electrons. The summed E-state index contributed by atoms with van der Waals surface area (Å²) in [5.74, 6) is 0.714. The highest BCUT2D eigenvalue weighted by molar-refractivity contribution is 7.80. The van der Waals surface area contributed by atoms with Gasteiger partial charge < -0.3 is 10.2 Å². The van der Waals surface area contributed by atoms with E-state index in [0.29, 0.717) is 5.92 Å². The van der Waals surface area contributed by atoms with Crippen LogP contribution in [0.25, 0.3) is 0 Å². The fourth-order valence-corrected chi connectivity index (χ4v) is 1.18. The van der Waals surface area contributed by atoms with E-state index in [1.165, 1.54) is 6.42 Å². The van der Waals surface area contributed by atoms with Crippen LogP contribution in [0.2, 0.25) is 0 Å². The van der Waals surface area contributed by atoms with Crippen molar-refractivity contribution in [2.24, 2.45) is 5.92 Å². The van der Waals surface area contributed by atoms with Gasteiger partial charge in [0.1, 0.15) is 0 Å². The van der Waals surface area contributed by atoms with Gasteiger partial charge in [0.25, 0.3) is 0 Å². The number of hydrogen-bond acceptors (Lipinski definition) is 1. The van der Waals surface area contributed by atoms with Crippen molar-refractivity contribution < 1.29 is 0 Å². The molecule has 1 atom stereocenters. The van der Waals surface area contributed by atoms with Crippen molar-refractivity contribution in [3.05, 3.63) is 0 Å². The van der Waals surface area contributed by atoms with E-state index in [1.807, 2.05) is 7.05 Å². The molecule has 0 aliphatic carbocycles. The maximum atomic E-state index is 5.16. The molecule has 0 aliphatic rings. The second-order valence-corrected chi connectivity index (χ2v) is 3.62. The SMILES string of the molecule is CCNC(=S)N(C)CC(C)CC. The Labute approximate surface area is 81.3 Å². The van der Waals surface area contributed by atoms with Gasteiger partial charge in [0.15, 0.2) is 5.11 Å². The zero-order valence-corrected chi connectivity index (χ0v) is 9.37. The lowest BCUT2D eigenvalue weighted by molar-refractivity contribution is 0.392. The summed E-state index contributed by atoms with van der Waals surface area (Å²) in [4.78, 5) is 2.10. The minimum Gasteiger partial charge on any atom is -0.363 e. The molecular weight excluding hydrogens is 168 g/mol. The lowest BCUT2D eigenvalue weighted by atomic mass is 10.1. The summed E-state index contributed by atoms with van der Waals surface area (Å²) in [6, 6.07) is 0. The molecule has 0 aromatic heterocycles. The third-order valence-corrected chi connectivity index (χ3v) is 2.41. The molecular formula is C9H20N2S. The third kappa shape index (κ3) is 4.54. The van der Waals surface area contributed by atoms with Crippen molar-refractivity contribution in [2.45, 2.75) is 27.2 Å². The fraction of sp³-hybridized carbons (Fsp3) is 0.889. The van der Waals surface area contributed by atoms with E-state index in [9.17, 15) is 0 Å². The van der Waals surface area contributed by atoms with Crippen LogP contribution in [0.1, 0.15) is 27.2 Å². The van der Waals surface area contributed by atoms with Crippen LogP contribution in [-0.4, -0.2) is 30.1 Å². The van der Waals surface area contributed by atoms with Crippen LogP contribution in [0.3, 0.4) is 0 Å². The topological polar surface area (TPSA) is 15.3 Å². The second-order valence-electron chi connectivity index (χ2n) is 3.23. The molecule has 0 aliphatic heterocycles. The second kappa shape index (κ2) is 6.23. The molecule has 0 bridgehead atoms. The molecule has 1 unspecified atom stereocenters. The van der Waals surface area contributed by atoms with Gasteiger partial charge in [0.05, 0.1) is 0 Å². The summed E-state index contributed by atoms with van der Waals surface area (Å²) >= 11 is 5.16. The Hall–Kier alpha value is -0.310. The molecule has 0 spiro atoms. The molecule has 0 heterocycles. The number of nitrogens with one attached hydrogen (secondary N) is 1. The van der Waals surface area contributed by atoms with Crippen molar-refractivity contribution >= 4 is 17.3 Å². The Morgan fingerprint density at radius 2 is 2.08 bits per heavy atom. The maximum absolute atomic E-state index is 5.16. The highest BCUT2D eigenvalue weighted by atomic mass is 32.1. The Bertz CT molecular complexity index is 136. The molecule has 0 saturated heterocycles. The Kier molecular flexibility index (Phi) is 6.07.